The molecular formula is C15H23FN2. The second kappa shape index (κ2) is 9.40. The summed E-state index contributed by atoms with van der Waals surface area (Å²) in [4.78, 5) is 3.88. The molecule has 1 aromatic heterocycles. The van der Waals surface area contributed by atoms with E-state index in [0.717, 1.165) is 5.56 Å². The first-order chi connectivity index (χ1) is 8.60. The number of nitrogens with two attached hydrogens (primary N) is 1. The van der Waals surface area contributed by atoms with Crippen LogP contribution in [-0.4, -0.2) is 4.98 Å². The Balaban J connectivity index is 0.000000873. The molecule has 100 valence electrons. The number of anilines is 1. The molecule has 0 saturated carbocycles. The Bertz CT molecular complexity index is 409. The van der Waals surface area contributed by atoms with Crippen LogP contribution >= 0.6 is 0 Å². The molecule has 0 spiro atoms. The predicted octanol–water partition coefficient (Wildman–Crippen LogP) is 4.75. The topological polar surface area (TPSA) is 38.9 Å². The molecule has 0 amide bonds. The first-order valence-corrected chi connectivity index (χ1v) is 6.33. The van der Waals surface area contributed by atoms with Gasteiger partial charge in [0, 0.05) is 11.8 Å². The van der Waals surface area contributed by atoms with Gasteiger partial charge in [-0.3, -0.25) is 0 Å². The fourth-order valence-electron chi connectivity index (χ4n) is 1.32. The lowest BCUT2D eigenvalue weighted by Gasteiger charge is -2.05. The van der Waals surface area contributed by atoms with Crippen molar-refractivity contribution >= 4 is 11.4 Å². The van der Waals surface area contributed by atoms with E-state index in [1.165, 1.54) is 6.42 Å². The van der Waals surface area contributed by atoms with Crippen LogP contribution in [0.5, 0.6) is 0 Å². The summed E-state index contributed by atoms with van der Waals surface area (Å²) in [7, 11) is 0. The van der Waals surface area contributed by atoms with Gasteiger partial charge in [0.15, 0.2) is 0 Å². The summed E-state index contributed by atoms with van der Waals surface area (Å²) in [6, 6.07) is 3.42. The second-order valence-corrected chi connectivity index (χ2v) is 3.85. The van der Waals surface area contributed by atoms with Gasteiger partial charge in [0.1, 0.15) is 11.6 Å². The maximum atomic E-state index is 13.6. The third-order valence-corrected chi connectivity index (χ3v) is 2.03. The SMILES string of the molecule is C/C=C\C(=C(\F)CC)c1ccnc(N)c1.CCC. The van der Waals surface area contributed by atoms with E-state index in [2.05, 4.69) is 18.8 Å². The van der Waals surface area contributed by atoms with Crippen molar-refractivity contribution in [1.82, 2.24) is 4.98 Å². The van der Waals surface area contributed by atoms with E-state index in [-0.39, 0.29) is 5.83 Å². The van der Waals surface area contributed by atoms with Gasteiger partial charge in [0.2, 0.25) is 0 Å². The molecule has 1 rings (SSSR count). The van der Waals surface area contributed by atoms with Crippen molar-refractivity contribution < 1.29 is 4.39 Å². The lowest BCUT2D eigenvalue weighted by atomic mass is 10.0. The molecule has 0 aliphatic rings. The molecular weight excluding hydrogens is 227 g/mol. The van der Waals surface area contributed by atoms with E-state index in [1.807, 2.05) is 6.92 Å². The van der Waals surface area contributed by atoms with Crippen LogP contribution in [0.15, 0.2) is 36.3 Å². The Morgan fingerprint density at radius 1 is 1.39 bits per heavy atom. The highest BCUT2D eigenvalue weighted by molar-refractivity contribution is 5.76. The third-order valence-electron chi connectivity index (χ3n) is 2.03. The van der Waals surface area contributed by atoms with Crippen molar-refractivity contribution in [3.05, 3.63) is 41.9 Å². The van der Waals surface area contributed by atoms with E-state index in [4.69, 9.17) is 5.73 Å². The number of nitrogen functional groups attached to an aromatic ring is 1. The zero-order valence-corrected chi connectivity index (χ0v) is 11.7. The van der Waals surface area contributed by atoms with Crippen LogP contribution in [-0.2, 0) is 0 Å². The Morgan fingerprint density at radius 3 is 2.44 bits per heavy atom. The first-order valence-electron chi connectivity index (χ1n) is 6.33. The lowest BCUT2D eigenvalue weighted by Crippen LogP contribution is -1.92. The van der Waals surface area contributed by atoms with Gasteiger partial charge in [-0.1, -0.05) is 39.3 Å². The lowest BCUT2D eigenvalue weighted by molar-refractivity contribution is 0.609. The van der Waals surface area contributed by atoms with Crippen molar-refractivity contribution in [1.29, 1.82) is 0 Å². The average molecular weight is 250 g/mol. The zero-order valence-electron chi connectivity index (χ0n) is 11.7. The molecule has 1 heterocycles. The Hall–Kier alpha value is -1.64. The van der Waals surface area contributed by atoms with E-state index in [1.54, 1.807) is 37.4 Å². The number of hydrogen-bond acceptors (Lipinski definition) is 2. The summed E-state index contributed by atoms with van der Waals surface area (Å²) in [6.45, 7) is 7.89. The quantitative estimate of drug-likeness (QED) is 0.786. The molecule has 0 bridgehead atoms. The number of pyridine rings is 1. The van der Waals surface area contributed by atoms with E-state index >= 15 is 0 Å². The molecule has 0 unspecified atom stereocenters. The highest BCUT2D eigenvalue weighted by Crippen LogP contribution is 2.23. The summed E-state index contributed by atoms with van der Waals surface area (Å²) in [5.74, 6) is 0.261. The zero-order chi connectivity index (χ0) is 14.0. The molecule has 0 aliphatic carbocycles. The maximum absolute atomic E-state index is 13.6. The molecule has 3 heteroatoms. The molecule has 0 aliphatic heterocycles. The van der Waals surface area contributed by atoms with Crippen LogP contribution in [0, 0.1) is 0 Å². The summed E-state index contributed by atoms with van der Waals surface area (Å²) in [5, 5.41) is 0. The van der Waals surface area contributed by atoms with Crippen molar-refractivity contribution in [3.8, 4) is 0 Å². The van der Waals surface area contributed by atoms with E-state index in [9.17, 15) is 4.39 Å². The minimum absolute atomic E-state index is 0.140. The number of aromatic nitrogens is 1. The molecule has 0 saturated heterocycles. The summed E-state index contributed by atoms with van der Waals surface area (Å²) < 4.78 is 13.6. The fourth-order valence-corrected chi connectivity index (χ4v) is 1.32. The monoisotopic (exact) mass is 250 g/mol. The van der Waals surface area contributed by atoms with Gasteiger partial charge in [-0.25, -0.2) is 9.37 Å². The van der Waals surface area contributed by atoms with Gasteiger partial charge < -0.3 is 5.73 Å². The van der Waals surface area contributed by atoms with Crippen molar-refractivity contribution in [3.63, 3.8) is 0 Å². The molecule has 0 radical (unpaired) electrons. The predicted molar refractivity (Wildman–Crippen MR) is 77.7 cm³/mol. The van der Waals surface area contributed by atoms with Crippen LogP contribution in [0.25, 0.3) is 5.57 Å². The van der Waals surface area contributed by atoms with Crippen molar-refractivity contribution in [2.45, 2.75) is 40.5 Å². The molecule has 1 aromatic rings. The number of halogens is 1. The fraction of sp³-hybridized carbons (Fsp3) is 0.400. The Labute approximate surface area is 109 Å². The van der Waals surface area contributed by atoms with Gasteiger partial charge >= 0.3 is 0 Å². The maximum Gasteiger partial charge on any atom is 0.123 e. The van der Waals surface area contributed by atoms with Crippen LogP contribution in [0.4, 0.5) is 10.2 Å². The van der Waals surface area contributed by atoms with Crippen LogP contribution in [0.2, 0.25) is 0 Å². The number of allylic oxidation sites excluding steroid dienone is 4. The van der Waals surface area contributed by atoms with Crippen LogP contribution in [0.1, 0.15) is 46.1 Å². The van der Waals surface area contributed by atoms with Gasteiger partial charge in [-0.05, 0) is 31.0 Å². The Kier molecular flexibility index (Phi) is 8.54. The summed E-state index contributed by atoms with van der Waals surface area (Å²) >= 11 is 0. The smallest absolute Gasteiger partial charge is 0.123 e. The number of rotatable bonds is 3. The van der Waals surface area contributed by atoms with Crippen molar-refractivity contribution in [2.75, 3.05) is 5.73 Å². The Morgan fingerprint density at radius 2 is 2.00 bits per heavy atom. The second-order valence-electron chi connectivity index (χ2n) is 3.85. The van der Waals surface area contributed by atoms with Gasteiger partial charge in [-0.2, -0.15) is 0 Å². The van der Waals surface area contributed by atoms with Crippen molar-refractivity contribution in [2.24, 2.45) is 0 Å². The molecule has 18 heavy (non-hydrogen) atoms. The summed E-state index contributed by atoms with van der Waals surface area (Å²) in [6.07, 6.45) is 6.76. The summed E-state index contributed by atoms with van der Waals surface area (Å²) in [5.41, 5.74) is 6.90. The third kappa shape index (κ3) is 5.62. The molecule has 0 atom stereocenters. The highest BCUT2D eigenvalue weighted by atomic mass is 19.1. The van der Waals surface area contributed by atoms with Gasteiger partial charge in [0.05, 0.1) is 0 Å². The van der Waals surface area contributed by atoms with E-state index < -0.39 is 0 Å². The van der Waals surface area contributed by atoms with Crippen LogP contribution in [0.3, 0.4) is 0 Å². The van der Waals surface area contributed by atoms with E-state index in [0.29, 0.717) is 17.8 Å². The van der Waals surface area contributed by atoms with Crippen LogP contribution < -0.4 is 5.73 Å². The molecule has 2 nitrogen and oxygen atoms in total. The van der Waals surface area contributed by atoms with Gasteiger partial charge in [-0.15, -0.1) is 0 Å². The molecule has 2 N–H and O–H groups in total. The minimum Gasteiger partial charge on any atom is -0.384 e. The molecule has 0 fully saturated rings. The van der Waals surface area contributed by atoms with Gasteiger partial charge in [0.25, 0.3) is 0 Å². The average Bonchev–Trinajstić information content (AvgIpc) is 2.36. The minimum atomic E-state index is -0.140. The number of nitrogens with zero attached hydrogens (tertiary/aromatic N) is 1. The highest BCUT2D eigenvalue weighted by Gasteiger charge is 2.05. The first kappa shape index (κ1) is 16.4. The number of hydrogen-bond donors (Lipinski definition) is 1. The normalized spacial score (nSPS) is 11.8. The standard InChI is InChI=1S/C12H15FN2.C3H8/c1-3-5-10(11(13)4-2)9-6-7-15-12(14)8-9;1-3-2/h3,5-8H,4H2,1-2H3,(H2,14,15);3H2,1-2H3/b5-3-,11-10-;. The molecule has 0 aromatic carbocycles. The largest absolute Gasteiger partial charge is 0.384 e.